The Labute approximate surface area is 169 Å². The molecule has 0 aliphatic carbocycles. The zero-order valence-corrected chi connectivity index (χ0v) is 15.8. The molecule has 3 aromatic rings. The summed E-state index contributed by atoms with van der Waals surface area (Å²) < 4.78 is 0. The van der Waals surface area contributed by atoms with Crippen LogP contribution >= 0.6 is 0 Å². The Morgan fingerprint density at radius 3 is 2.38 bits per heavy atom. The fourth-order valence-electron chi connectivity index (χ4n) is 2.71. The highest BCUT2D eigenvalue weighted by Crippen LogP contribution is 2.13. The number of hydrogen-bond acceptors (Lipinski definition) is 5. The van der Waals surface area contributed by atoms with Gasteiger partial charge in [0.2, 0.25) is 5.91 Å². The van der Waals surface area contributed by atoms with Crippen molar-refractivity contribution in [2.75, 3.05) is 11.5 Å². The summed E-state index contributed by atoms with van der Waals surface area (Å²) in [6, 6.07) is 17.9. The van der Waals surface area contributed by atoms with Gasteiger partial charge in [-0.3, -0.25) is 9.59 Å². The SMILES string of the molecule is Nc1ccc(/C=C/C(=O)NCc2ccc(C(=O)Cc3cccnc3N)cc2)cc1. The van der Waals surface area contributed by atoms with Gasteiger partial charge in [0.1, 0.15) is 5.82 Å². The highest BCUT2D eigenvalue weighted by molar-refractivity contribution is 5.98. The van der Waals surface area contributed by atoms with E-state index in [0.717, 1.165) is 11.1 Å². The highest BCUT2D eigenvalue weighted by atomic mass is 16.1. The van der Waals surface area contributed by atoms with Gasteiger partial charge in [-0.25, -0.2) is 4.98 Å². The van der Waals surface area contributed by atoms with Crippen LogP contribution in [0.15, 0.2) is 72.9 Å². The molecule has 29 heavy (non-hydrogen) atoms. The predicted octanol–water partition coefficient (Wildman–Crippen LogP) is 3.00. The molecule has 0 saturated carbocycles. The summed E-state index contributed by atoms with van der Waals surface area (Å²) in [6.45, 7) is 0.370. The summed E-state index contributed by atoms with van der Waals surface area (Å²) in [5.74, 6) is 0.132. The topological polar surface area (TPSA) is 111 Å². The van der Waals surface area contributed by atoms with E-state index < -0.39 is 0 Å². The fraction of sp³-hybridized carbons (Fsp3) is 0.0870. The van der Waals surface area contributed by atoms with Crippen LogP contribution in [0, 0.1) is 0 Å². The predicted molar refractivity (Wildman–Crippen MR) is 115 cm³/mol. The molecule has 0 aliphatic rings. The number of aromatic nitrogens is 1. The molecule has 1 heterocycles. The number of amides is 1. The monoisotopic (exact) mass is 386 g/mol. The minimum absolute atomic E-state index is 0.0354. The van der Waals surface area contributed by atoms with Crippen molar-refractivity contribution >= 4 is 29.3 Å². The number of ketones is 1. The molecule has 0 atom stereocenters. The molecule has 3 rings (SSSR count). The molecule has 5 N–H and O–H groups in total. The quantitative estimate of drug-likeness (QED) is 0.328. The molecule has 2 aromatic carbocycles. The molecule has 0 unspecified atom stereocenters. The van der Waals surface area contributed by atoms with Crippen LogP contribution in [-0.4, -0.2) is 16.7 Å². The molecule has 0 bridgehead atoms. The third kappa shape index (κ3) is 5.77. The Bertz CT molecular complexity index is 1030. The Balaban J connectivity index is 1.52. The van der Waals surface area contributed by atoms with E-state index >= 15 is 0 Å². The number of Topliss-reactive ketones (excluding diaryl/α,β-unsaturated/α-hetero) is 1. The van der Waals surface area contributed by atoms with Crippen LogP contribution in [0.25, 0.3) is 6.08 Å². The van der Waals surface area contributed by atoms with E-state index in [1.54, 1.807) is 48.7 Å². The van der Waals surface area contributed by atoms with Gasteiger partial charge in [-0.05, 0) is 35.4 Å². The molecular formula is C23H22N4O2. The first-order valence-corrected chi connectivity index (χ1v) is 9.14. The fourth-order valence-corrected chi connectivity index (χ4v) is 2.71. The van der Waals surface area contributed by atoms with Gasteiger partial charge in [-0.2, -0.15) is 0 Å². The number of carbonyl (C=O) groups is 2. The van der Waals surface area contributed by atoms with Crippen LogP contribution in [0.2, 0.25) is 0 Å². The van der Waals surface area contributed by atoms with Crippen LogP contribution in [0.5, 0.6) is 0 Å². The van der Waals surface area contributed by atoms with Crippen LogP contribution in [0.1, 0.15) is 27.0 Å². The molecule has 6 nitrogen and oxygen atoms in total. The maximum Gasteiger partial charge on any atom is 0.244 e. The summed E-state index contributed by atoms with van der Waals surface area (Å²) in [7, 11) is 0. The summed E-state index contributed by atoms with van der Waals surface area (Å²) in [5, 5.41) is 2.82. The van der Waals surface area contributed by atoms with Crippen molar-refractivity contribution in [2.45, 2.75) is 13.0 Å². The van der Waals surface area contributed by atoms with E-state index in [-0.39, 0.29) is 18.1 Å². The minimum Gasteiger partial charge on any atom is -0.399 e. The number of nitrogens with zero attached hydrogens (tertiary/aromatic N) is 1. The van der Waals surface area contributed by atoms with Gasteiger partial charge in [-0.15, -0.1) is 0 Å². The average Bonchev–Trinajstić information content (AvgIpc) is 2.74. The maximum absolute atomic E-state index is 12.4. The molecule has 0 radical (unpaired) electrons. The molecular weight excluding hydrogens is 364 g/mol. The molecule has 0 saturated heterocycles. The average molecular weight is 386 g/mol. The first-order valence-electron chi connectivity index (χ1n) is 9.14. The van der Waals surface area contributed by atoms with Crippen molar-refractivity contribution in [3.05, 3.63) is 95.2 Å². The Hall–Kier alpha value is -3.93. The Morgan fingerprint density at radius 2 is 1.69 bits per heavy atom. The third-order valence-corrected chi connectivity index (χ3v) is 4.38. The van der Waals surface area contributed by atoms with Gasteiger partial charge < -0.3 is 16.8 Å². The lowest BCUT2D eigenvalue weighted by molar-refractivity contribution is -0.116. The number of anilines is 2. The molecule has 1 amide bonds. The number of pyridine rings is 1. The second kappa shape index (κ2) is 9.32. The summed E-state index contributed by atoms with van der Waals surface area (Å²) in [4.78, 5) is 28.4. The maximum atomic E-state index is 12.4. The van der Waals surface area contributed by atoms with E-state index in [1.807, 2.05) is 24.3 Å². The lowest BCUT2D eigenvalue weighted by Crippen LogP contribution is -2.20. The molecule has 0 spiro atoms. The lowest BCUT2D eigenvalue weighted by atomic mass is 10.0. The smallest absolute Gasteiger partial charge is 0.244 e. The summed E-state index contributed by atoms with van der Waals surface area (Å²) >= 11 is 0. The largest absolute Gasteiger partial charge is 0.399 e. The normalized spacial score (nSPS) is 10.8. The van der Waals surface area contributed by atoms with Gasteiger partial charge in [0.15, 0.2) is 5.78 Å². The first kappa shape index (κ1) is 19.8. The van der Waals surface area contributed by atoms with E-state index in [2.05, 4.69) is 10.3 Å². The minimum atomic E-state index is -0.200. The molecule has 146 valence electrons. The molecule has 1 aromatic heterocycles. The summed E-state index contributed by atoms with van der Waals surface area (Å²) in [5.41, 5.74) is 15.2. The van der Waals surface area contributed by atoms with Crippen molar-refractivity contribution in [2.24, 2.45) is 0 Å². The van der Waals surface area contributed by atoms with Crippen LogP contribution in [0.4, 0.5) is 11.5 Å². The molecule has 0 aliphatic heterocycles. The van der Waals surface area contributed by atoms with E-state index in [0.29, 0.717) is 29.2 Å². The second-order valence-corrected chi connectivity index (χ2v) is 6.56. The van der Waals surface area contributed by atoms with Gasteiger partial charge in [0.25, 0.3) is 0 Å². The number of carbonyl (C=O) groups excluding carboxylic acids is 2. The zero-order valence-electron chi connectivity index (χ0n) is 15.8. The van der Waals surface area contributed by atoms with Crippen LogP contribution in [-0.2, 0) is 17.8 Å². The van der Waals surface area contributed by atoms with Crippen molar-refractivity contribution in [3.8, 4) is 0 Å². The second-order valence-electron chi connectivity index (χ2n) is 6.56. The van der Waals surface area contributed by atoms with Gasteiger partial charge in [0.05, 0.1) is 0 Å². The Morgan fingerprint density at radius 1 is 0.966 bits per heavy atom. The standard InChI is InChI=1S/C23H22N4O2/c24-20-10-5-16(6-11-20)7-12-22(29)27-15-17-3-8-18(9-4-17)21(28)14-19-2-1-13-26-23(19)25/h1-13H,14-15,24H2,(H2,25,26)(H,27,29)/b12-7+. The number of nitrogens with one attached hydrogen (secondary N) is 1. The van der Waals surface area contributed by atoms with Crippen molar-refractivity contribution in [3.63, 3.8) is 0 Å². The van der Waals surface area contributed by atoms with Crippen molar-refractivity contribution in [1.29, 1.82) is 0 Å². The molecule has 0 fully saturated rings. The van der Waals surface area contributed by atoms with E-state index in [9.17, 15) is 9.59 Å². The number of rotatable bonds is 7. The molecule has 6 heteroatoms. The van der Waals surface area contributed by atoms with Crippen molar-refractivity contribution < 1.29 is 9.59 Å². The number of nitrogen functional groups attached to an aromatic ring is 2. The van der Waals surface area contributed by atoms with Gasteiger partial charge in [-0.1, -0.05) is 42.5 Å². The van der Waals surface area contributed by atoms with Gasteiger partial charge >= 0.3 is 0 Å². The van der Waals surface area contributed by atoms with Crippen LogP contribution in [0.3, 0.4) is 0 Å². The zero-order chi connectivity index (χ0) is 20.6. The number of benzene rings is 2. The van der Waals surface area contributed by atoms with Crippen molar-refractivity contribution in [1.82, 2.24) is 10.3 Å². The van der Waals surface area contributed by atoms with Crippen LogP contribution < -0.4 is 16.8 Å². The highest BCUT2D eigenvalue weighted by Gasteiger charge is 2.09. The Kier molecular flexibility index (Phi) is 6.37. The van der Waals surface area contributed by atoms with Gasteiger partial charge in [0, 0.05) is 42.1 Å². The first-order chi connectivity index (χ1) is 14.0. The number of hydrogen-bond donors (Lipinski definition) is 3. The van der Waals surface area contributed by atoms with E-state index in [4.69, 9.17) is 11.5 Å². The lowest BCUT2D eigenvalue weighted by Gasteiger charge is -2.06. The number of nitrogens with two attached hydrogens (primary N) is 2. The summed E-state index contributed by atoms with van der Waals surface area (Å²) in [6.07, 6.45) is 4.99. The third-order valence-electron chi connectivity index (χ3n) is 4.38. The van der Waals surface area contributed by atoms with E-state index in [1.165, 1.54) is 6.08 Å².